The second-order valence-corrected chi connectivity index (χ2v) is 8.33. The quantitative estimate of drug-likeness (QED) is 0.787. The van der Waals surface area contributed by atoms with Crippen molar-refractivity contribution < 1.29 is 27.5 Å². The van der Waals surface area contributed by atoms with Gasteiger partial charge in [-0.15, -0.1) is 0 Å². The highest BCUT2D eigenvalue weighted by Crippen LogP contribution is 2.27. The van der Waals surface area contributed by atoms with Crippen LogP contribution in [0.4, 0.5) is 14.9 Å². The second-order valence-electron chi connectivity index (χ2n) is 6.18. The number of urea groups is 1. The molecule has 0 bridgehead atoms. The van der Waals surface area contributed by atoms with Crippen molar-refractivity contribution in [1.29, 1.82) is 0 Å². The summed E-state index contributed by atoms with van der Waals surface area (Å²) >= 11 is 0. The van der Waals surface area contributed by atoms with Crippen molar-refractivity contribution in [2.45, 2.75) is 12.1 Å². The molecule has 2 aliphatic rings. The molecule has 3 rings (SSSR count). The van der Waals surface area contributed by atoms with Crippen LogP contribution in [0.15, 0.2) is 24.3 Å². The van der Waals surface area contributed by atoms with E-state index in [1.807, 2.05) is 0 Å². The van der Waals surface area contributed by atoms with Gasteiger partial charge in [0.25, 0.3) is 0 Å². The molecule has 0 aromatic heterocycles. The first kappa shape index (κ1) is 17.6. The number of anilines is 1. The highest BCUT2D eigenvalue weighted by atomic mass is 32.2. The van der Waals surface area contributed by atoms with Crippen molar-refractivity contribution in [1.82, 2.24) is 9.80 Å². The number of carboxylic acid groups (broad SMARTS) is 1. The van der Waals surface area contributed by atoms with E-state index in [9.17, 15) is 22.4 Å². The van der Waals surface area contributed by atoms with Gasteiger partial charge in [-0.25, -0.2) is 17.6 Å². The van der Waals surface area contributed by atoms with Gasteiger partial charge in [0.05, 0.1) is 29.8 Å². The van der Waals surface area contributed by atoms with E-state index in [0.29, 0.717) is 0 Å². The van der Waals surface area contributed by atoms with E-state index < -0.39 is 39.7 Å². The summed E-state index contributed by atoms with van der Waals surface area (Å²) in [6.45, 7) is 0.136. The number of sulfone groups is 1. The Morgan fingerprint density at radius 2 is 1.88 bits per heavy atom. The van der Waals surface area contributed by atoms with Crippen LogP contribution in [0.1, 0.15) is 0 Å². The molecule has 2 aliphatic heterocycles. The normalized spacial score (nSPS) is 25.4. The predicted molar refractivity (Wildman–Crippen MR) is 87.6 cm³/mol. The van der Waals surface area contributed by atoms with Crippen LogP contribution in [0.3, 0.4) is 0 Å². The molecule has 2 N–H and O–H groups in total. The van der Waals surface area contributed by atoms with Gasteiger partial charge in [-0.05, 0) is 12.1 Å². The number of nitrogens with one attached hydrogen (secondary N) is 1. The number of carbonyl (C=O) groups is 2. The molecule has 0 radical (unpaired) electrons. The van der Waals surface area contributed by atoms with E-state index in [0.717, 1.165) is 0 Å². The summed E-state index contributed by atoms with van der Waals surface area (Å²) in [5, 5.41) is 11.4. The van der Waals surface area contributed by atoms with Gasteiger partial charge in [0.15, 0.2) is 9.84 Å². The summed E-state index contributed by atoms with van der Waals surface area (Å²) in [5.74, 6) is -2.05. The summed E-state index contributed by atoms with van der Waals surface area (Å²) in [5.41, 5.74) is 0.0119. The smallest absolute Gasteiger partial charge is 0.322 e. The molecule has 0 unspecified atom stereocenters. The zero-order chi connectivity index (χ0) is 18.2. The highest BCUT2D eigenvalue weighted by Gasteiger charge is 2.48. The fourth-order valence-electron chi connectivity index (χ4n) is 3.40. The first-order valence-electron chi connectivity index (χ1n) is 7.75. The topological polar surface area (TPSA) is 107 Å². The molecule has 0 spiro atoms. The Balaban J connectivity index is 1.79. The lowest BCUT2D eigenvalue weighted by molar-refractivity contribution is -0.139. The van der Waals surface area contributed by atoms with Crippen LogP contribution in [0.25, 0.3) is 0 Å². The molecular formula is C15H18FN3O5S. The standard InChI is InChI=1S/C15H18FN3O5S/c16-10-3-1-2-4-11(10)17-15(22)19-6-5-18(7-14(20)21)12-8-25(23,24)9-13(12)19/h1-4,12-13H,5-9H2,(H,17,22)(H,20,21)/t12-,13+/m1/s1. The minimum Gasteiger partial charge on any atom is -0.480 e. The lowest BCUT2D eigenvalue weighted by atomic mass is 10.1. The lowest BCUT2D eigenvalue weighted by Crippen LogP contribution is -2.62. The number of fused-ring (bicyclic) bond motifs is 1. The van der Waals surface area contributed by atoms with Crippen LogP contribution in [-0.4, -0.2) is 78.5 Å². The van der Waals surface area contributed by atoms with Crippen molar-refractivity contribution in [3.05, 3.63) is 30.1 Å². The third kappa shape index (κ3) is 3.74. The maximum absolute atomic E-state index is 13.7. The maximum Gasteiger partial charge on any atom is 0.322 e. The van der Waals surface area contributed by atoms with Crippen molar-refractivity contribution >= 4 is 27.5 Å². The number of rotatable bonds is 3. The van der Waals surface area contributed by atoms with E-state index in [1.165, 1.54) is 23.1 Å². The molecule has 1 aromatic carbocycles. The molecule has 2 heterocycles. The number of halogens is 1. The first-order chi connectivity index (χ1) is 11.8. The monoisotopic (exact) mass is 371 g/mol. The maximum atomic E-state index is 13.7. The Morgan fingerprint density at radius 3 is 2.56 bits per heavy atom. The number of aliphatic carboxylic acids is 1. The summed E-state index contributed by atoms with van der Waals surface area (Å²) in [6.07, 6.45) is 0. The van der Waals surface area contributed by atoms with E-state index in [1.54, 1.807) is 11.0 Å². The van der Waals surface area contributed by atoms with Crippen LogP contribution in [0.2, 0.25) is 0 Å². The number of carboxylic acids is 1. The molecule has 2 fully saturated rings. The number of para-hydroxylation sites is 1. The average molecular weight is 371 g/mol. The Hall–Kier alpha value is -2.20. The van der Waals surface area contributed by atoms with Gasteiger partial charge in [0.2, 0.25) is 0 Å². The Bertz CT molecular complexity index is 800. The largest absolute Gasteiger partial charge is 0.480 e. The highest BCUT2D eigenvalue weighted by molar-refractivity contribution is 7.91. The van der Waals surface area contributed by atoms with Gasteiger partial charge in [0.1, 0.15) is 5.82 Å². The van der Waals surface area contributed by atoms with Crippen molar-refractivity contribution in [3.8, 4) is 0 Å². The third-order valence-corrected chi connectivity index (χ3v) is 6.20. The average Bonchev–Trinajstić information content (AvgIpc) is 2.84. The number of benzene rings is 1. The van der Waals surface area contributed by atoms with Crippen molar-refractivity contribution in [3.63, 3.8) is 0 Å². The molecule has 8 nitrogen and oxygen atoms in total. The minimum atomic E-state index is -3.38. The first-order valence-corrected chi connectivity index (χ1v) is 9.57. The molecule has 10 heteroatoms. The molecule has 0 aliphatic carbocycles. The van der Waals surface area contributed by atoms with Crippen LogP contribution in [0.5, 0.6) is 0 Å². The van der Waals surface area contributed by atoms with E-state index in [4.69, 9.17) is 5.11 Å². The van der Waals surface area contributed by atoms with Gasteiger partial charge in [-0.3, -0.25) is 9.69 Å². The molecule has 2 amide bonds. The molecule has 2 atom stereocenters. The van der Waals surface area contributed by atoms with Crippen molar-refractivity contribution in [2.24, 2.45) is 0 Å². The molecule has 2 saturated heterocycles. The fourth-order valence-corrected chi connectivity index (χ4v) is 5.41. The number of piperazine rings is 1. The SMILES string of the molecule is O=C(O)CN1CCN(C(=O)Nc2ccccc2F)[C@H]2CS(=O)(=O)C[C@H]21. The lowest BCUT2D eigenvalue weighted by Gasteiger charge is -2.43. The summed E-state index contributed by atoms with van der Waals surface area (Å²) < 4.78 is 37.7. The number of nitrogens with zero attached hydrogens (tertiary/aromatic N) is 2. The van der Waals surface area contributed by atoms with Gasteiger partial charge in [-0.1, -0.05) is 12.1 Å². The Kier molecular flexibility index (Phi) is 4.65. The van der Waals surface area contributed by atoms with Gasteiger partial charge in [0, 0.05) is 19.1 Å². The number of carbonyl (C=O) groups excluding carboxylic acids is 1. The molecule has 25 heavy (non-hydrogen) atoms. The summed E-state index contributed by atoms with van der Waals surface area (Å²) in [4.78, 5) is 26.4. The molecular weight excluding hydrogens is 353 g/mol. The van der Waals surface area contributed by atoms with Gasteiger partial charge >= 0.3 is 12.0 Å². The minimum absolute atomic E-state index is 0.0119. The summed E-state index contributed by atoms with van der Waals surface area (Å²) in [7, 11) is -3.38. The van der Waals surface area contributed by atoms with Gasteiger partial charge < -0.3 is 15.3 Å². The second kappa shape index (κ2) is 6.60. The van der Waals surface area contributed by atoms with E-state index >= 15 is 0 Å². The van der Waals surface area contributed by atoms with Gasteiger partial charge in [-0.2, -0.15) is 0 Å². The zero-order valence-electron chi connectivity index (χ0n) is 13.3. The Morgan fingerprint density at radius 1 is 1.20 bits per heavy atom. The van der Waals surface area contributed by atoms with Crippen LogP contribution < -0.4 is 5.32 Å². The summed E-state index contributed by atoms with van der Waals surface area (Å²) in [6, 6.07) is 3.89. The van der Waals surface area contributed by atoms with E-state index in [-0.39, 0.29) is 36.8 Å². The van der Waals surface area contributed by atoms with E-state index in [2.05, 4.69) is 5.32 Å². The predicted octanol–water partition coefficient (Wildman–Crippen LogP) is 0.225. The fraction of sp³-hybridized carbons (Fsp3) is 0.467. The van der Waals surface area contributed by atoms with Crippen LogP contribution >= 0.6 is 0 Å². The van der Waals surface area contributed by atoms with Crippen molar-refractivity contribution in [2.75, 3.05) is 36.5 Å². The third-order valence-electron chi connectivity index (χ3n) is 4.51. The molecule has 1 aromatic rings. The molecule has 136 valence electrons. The number of hydrogen-bond acceptors (Lipinski definition) is 5. The molecule has 0 saturated carbocycles. The zero-order valence-corrected chi connectivity index (χ0v) is 14.1. The Labute approximate surface area is 144 Å². The van der Waals surface area contributed by atoms with Crippen LogP contribution in [0, 0.1) is 5.82 Å². The van der Waals surface area contributed by atoms with Crippen LogP contribution in [-0.2, 0) is 14.6 Å². The number of amides is 2. The number of hydrogen-bond donors (Lipinski definition) is 2.